The number of cyclic esters (lactones) is 1. The number of nitrogens with one attached hydrogen (secondary N) is 1. The number of fused-ring (bicyclic) bond motifs is 3. The van der Waals surface area contributed by atoms with E-state index in [0.717, 1.165) is 55.5 Å². The van der Waals surface area contributed by atoms with Gasteiger partial charge in [-0.2, -0.15) is 4.98 Å². The van der Waals surface area contributed by atoms with E-state index in [1.807, 2.05) is 31.3 Å². The highest BCUT2D eigenvalue weighted by Crippen LogP contribution is 2.53. The number of rotatable bonds is 5. The SMILES string of the molecule is C[C@H]1COC(=O)N1c1cccc(N2c3nc(Nc4ccc(N5CCN(C)CC5)cc4)ncc3[C@]3(C)COC(C)(C)C[C@H]23)n1. The molecule has 1 aromatic carbocycles. The summed E-state index contributed by atoms with van der Waals surface area (Å²) in [5.74, 6) is 2.63. The van der Waals surface area contributed by atoms with Crippen molar-refractivity contribution >= 4 is 40.9 Å². The molecular weight excluding hydrogens is 544 g/mol. The van der Waals surface area contributed by atoms with Crippen LogP contribution in [0.2, 0.25) is 0 Å². The lowest BCUT2D eigenvalue weighted by Crippen LogP contribution is -2.54. The Morgan fingerprint density at radius 1 is 0.953 bits per heavy atom. The summed E-state index contributed by atoms with van der Waals surface area (Å²) in [6.45, 7) is 13.5. The molecule has 43 heavy (non-hydrogen) atoms. The van der Waals surface area contributed by atoms with Crippen LogP contribution in [0.4, 0.5) is 39.6 Å². The lowest BCUT2D eigenvalue weighted by atomic mass is 9.73. The van der Waals surface area contributed by atoms with Gasteiger partial charge in [0.2, 0.25) is 5.95 Å². The normalized spacial score (nSPS) is 26.7. The number of benzene rings is 1. The Labute approximate surface area is 252 Å². The van der Waals surface area contributed by atoms with Crippen LogP contribution >= 0.6 is 0 Å². The topological polar surface area (TPSA) is 99.2 Å². The predicted octanol–water partition coefficient (Wildman–Crippen LogP) is 4.69. The summed E-state index contributed by atoms with van der Waals surface area (Å²) in [5, 5.41) is 3.42. The molecule has 0 radical (unpaired) electrons. The van der Waals surface area contributed by atoms with Crippen molar-refractivity contribution in [2.24, 2.45) is 0 Å². The molecule has 2 aromatic heterocycles. The summed E-state index contributed by atoms with van der Waals surface area (Å²) < 4.78 is 11.6. The summed E-state index contributed by atoms with van der Waals surface area (Å²) in [6.07, 6.45) is 2.34. The molecule has 11 nitrogen and oxygen atoms in total. The molecule has 0 unspecified atom stereocenters. The first-order valence-corrected chi connectivity index (χ1v) is 15.2. The average Bonchev–Trinajstić information content (AvgIpc) is 3.45. The zero-order chi connectivity index (χ0) is 29.9. The van der Waals surface area contributed by atoms with Crippen LogP contribution in [-0.4, -0.2) is 90.1 Å². The number of anilines is 6. The van der Waals surface area contributed by atoms with Crippen molar-refractivity contribution in [1.29, 1.82) is 0 Å². The first kappa shape index (κ1) is 27.8. The summed E-state index contributed by atoms with van der Waals surface area (Å²) >= 11 is 0. The maximum atomic E-state index is 12.5. The molecule has 4 aliphatic heterocycles. The number of likely N-dealkylation sites (N-methyl/N-ethyl adjacent to an activating group) is 1. The molecule has 0 bridgehead atoms. The molecule has 3 saturated heterocycles. The van der Waals surface area contributed by atoms with Gasteiger partial charge in [0.25, 0.3) is 0 Å². The van der Waals surface area contributed by atoms with Crippen LogP contribution in [0.25, 0.3) is 0 Å². The van der Waals surface area contributed by atoms with E-state index < -0.39 is 0 Å². The summed E-state index contributed by atoms with van der Waals surface area (Å²) in [5.41, 5.74) is 2.55. The van der Waals surface area contributed by atoms with Crippen molar-refractivity contribution in [2.75, 3.05) is 66.5 Å². The molecule has 7 rings (SSSR count). The molecule has 1 N–H and O–H groups in total. The third-order valence-electron chi connectivity index (χ3n) is 9.40. The smallest absolute Gasteiger partial charge is 0.415 e. The number of pyridine rings is 1. The van der Waals surface area contributed by atoms with E-state index in [4.69, 9.17) is 24.4 Å². The van der Waals surface area contributed by atoms with E-state index in [2.05, 4.69) is 72.1 Å². The standard InChI is InChI=1S/C32H40N8O3/c1-21-19-42-30(41)39(21)26-7-6-8-27(35-26)40-25-17-31(2,3)43-20-32(25,4)24-18-33-29(36-28(24)40)34-22-9-11-23(12-10-22)38-15-13-37(5)14-16-38/h6-12,18,21,25H,13-17,19-20H2,1-5H3,(H,33,34,36)/t21-,25-,32-/m0/s1. The summed E-state index contributed by atoms with van der Waals surface area (Å²) in [6, 6.07) is 14.2. The molecule has 3 aromatic rings. The van der Waals surface area contributed by atoms with Crippen molar-refractivity contribution in [3.63, 3.8) is 0 Å². The number of amides is 1. The second kappa shape index (κ2) is 10.3. The van der Waals surface area contributed by atoms with Crippen LogP contribution in [0.3, 0.4) is 0 Å². The number of carbonyl (C=O) groups excluding carboxylic acids is 1. The fraction of sp³-hybridized carbons (Fsp3) is 0.500. The molecule has 0 spiro atoms. The molecule has 226 valence electrons. The van der Waals surface area contributed by atoms with E-state index in [0.29, 0.717) is 25.0 Å². The lowest BCUT2D eigenvalue weighted by molar-refractivity contribution is -0.0893. The molecule has 0 aliphatic carbocycles. The van der Waals surface area contributed by atoms with Gasteiger partial charge in [0.1, 0.15) is 24.1 Å². The Morgan fingerprint density at radius 3 is 2.37 bits per heavy atom. The van der Waals surface area contributed by atoms with Crippen molar-refractivity contribution in [3.8, 4) is 0 Å². The van der Waals surface area contributed by atoms with Crippen LogP contribution in [0.1, 0.15) is 39.7 Å². The molecule has 0 saturated carbocycles. The van der Waals surface area contributed by atoms with E-state index in [1.165, 1.54) is 5.69 Å². The Kier molecular flexibility index (Phi) is 6.70. The van der Waals surface area contributed by atoms with Gasteiger partial charge in [-0.05, 0) is 70.6 Å². The number of aromatic nitrogens is 3. The van der Waals surface area contributed by atoms with Crippen LogP contribution in [0.15, 0.2) is 48.7 Å². The Bertz CT molecular complexity index is 1520. The second-order valence-electron chi connectivity index (χ2n) is 13.1. The van der Waals surface area contributed by atoms with E-state index in [1.54, 1.807) is 4.90 Å². The fourth-order valence-electron chi connectivity index (χ4n) is 6.73. The highest BCUT2D eigenvalue weighted by Gasteiger charge is 2.55. The molecule has 4 aliphatic rings. The second-order valence-corrected chi connectivity index (χ2v) is 13.1. The van der Waals surface area contributed by atoms with E-state index in [9.17, 15) is 4.79 Å². The number of ether oxygens (including phenoxy) is 2. The largest absolute Gasteiger partial charge is 0.447 e. The van der Waals surface area contributed by atoms with Crippen LogP contribution < -0.4 is 20.0 Å². The van der Waals surface area contributed by atoms with Crippen LogP contribution in [0.5, 0.6) is 0 Å². The van der Waals surface area contributed by atoms with Crippen LogP contribution in [0, 0.1) is 0 Å². The van der Waals surface area contributed by atoms with Gasteiger partial charge in [0, 0.05) is 54.7 Å². The number of nitrogens with zero attached hydrogens (tertiary/aromatic N) is 7. The minimum Gasteiger partial charge on any atom is -0.447 e. The quantitative estimate of drug-likeness (QED) is 0.455. The Morgan fingerprint density at radius 2 is 1.67 bits per heavy atom. The van der Waals surface area contributed by atoms with Crippen LogP contribution in [-0.2, 0) is 14.9 Å². The minimum absolute atomic E-state index is 0.0457. The lowest BCUT2D eigenvalue weighted by Gasteiger charge is -2.46. The number of hydrogen-bond acceptors (Lipinski definition) is 10. The number of hydrogen-bond donors (Lipinski definition) is 1. The minimum atomic E-state index is -0.372. The third-order valence-corrected chi connectivity index (χ3v) is 9.40. The highest BCUT2D eigenvalue weighted by molar-refractivity contribution is 5.89. The fourth-order valence-corrected chi connectivity index (χ4v) is 6.73. The predicted molar refractivity (Wildman–Crippen MR) is 167 cm³/mol. The number of piperazine rings is 1. The van der Waals surface area contributed by atoms with Crippen molar-refractivity contribution in [2.45, 2.75) is 57.2 Å². The monoisotopic (exact) mass is 584 g/mol. The number of carbonyl (C=O) groups is 1. The van der Waals surface area contributed by atoms with Gasteiger partial charge in [0.15, 0.2) is 0 Å². The zero-order valence-corrected chi connectivity index (χ0v) is 25.6. The maximum absolute atomic E-state index is 12.5. The van der Waals surface area contributed by atoms with Gasteiger partial charge < -0.3 is 29.5 Å². The summed E-state index contributed by atoms with van der Waals surface area (Å²) in [7, 11) is 2.17. The molecule has 3 atom stereocenters. The first-order chi connectivity index (χ1) is 20.6. The van der Waals surface area contributed by atoms with Crippen molar-refractivity contribution in [3.05, 3.63) is 54.2 Å². The third kappa shape index (κ3) is 4.94. The van der Waals surface area contributed by atoms with Gasteiger partial charge in [-0.3, -0.25) is 4.90 Å². The van der Waals surface area contributed by atoms with E-state index >= 15 is 0 Å². The maximum Gasteiger partial charge on any atom is 0.415 e. The van der Waals surface area contributed by atoms with Gasteiger partial charge in [-0.25, -0.2) is 14.8 Å². The van der Waals surface area contributed by atoms with E-state index in [-0.39, 0.29) is 29.2 Å². The molecule has 1 amide bonds. The van der Waals surface area contributed by atoms with Gasteiger partial charge in [-0.1, -0.05) is 13.0 Å². The molecule has 3 fully saturated rings. The zero-order valence-electron chi connectivity index (χ0n) is 25.6. The van der Waals surface area contributed by atoms with Gasteiger partial charge >= 0.3 is 6.09 Å². The van der Waals surface area contributed by atoms with Gasteiger partial charge in [0.05, 0.1) is 24.3 Å². The Hall–Kier alpha value is -3.96. The molecular formula is C32H40N8O3. The summed E-state index contributed by atoms with van der Waals surface area (Å²) in [4.78, 5) is 36.0. The average molecular weight is 585 g/mol. The van der Waals surface area contributed by atoms with Crippen molar-refractivity contribution < 1.29 is 14.3 Å². The molecule has 6 heterocycles. The van der Waals surface area contributed by atoms with Gasteiger partial charge in [-0.15, -0.1) is 0 Å². The highest BCUT2D eigenvalue weighted by atomic mass is 16.6. The molecule has 11 heteroatoms. The van der Waals surface area contributed by atoms with Crippen molar-refractivity contribution in [1.82, 2.24) is 19.9 Å². The Balaban J connectivity index is 1.22. The first-order valence-electron chi connectivity index (χ1n) is 15.2.